The Bertz CT molecular complexity index is 755. The van der Waals surface area contributed by atoms with Crippen LogP contribution in [0.2, 0.25) is 0 Å². The molecule has 1 saturated heterocycles. The van der Waals surface area contributed by atoms with E-state index >= 15 is 0 Å². The van der Waals surface area contributed by atoms with Gasteiger partial charge in [0.2, 0.25) is 0 Å². The van der Waals surface area contributed by atoms with Crippen molar-refractivity contribution in [3.05, 3.63) is 65.2 Å². The number of amides is 1. The van der Waals surface area contributed by atoms with Gasteiger partial charge in [0.1, 0.15) is 12.4 Å². The molecule has 4 nitrogen and oxygen atoms in total. The van der Waals surface area contributed by atoms with Crippen LogP contribution < -0.4 is 10.5 Å². The highest BCUT2D eigenvalue weighted by molar-refractivity contribution is 5.94. The summed E-state index contributed by atoms with van der Waals surface area (Å²) in [5.74, 6) is 1.32. The number of hydrogen-bond acceptors (Lipinski definition) is 3. The number of likely N-dealkylation sites (tertiary alicyclic amines) is 1. The summed E-state index contributed by atoms with van der Waals surface area (Å²) in [5, 5.41) is 0. The Morgan fingerprint density at radius 3 is 2.56 bits per heavy atom. The molecule has 27 heavy (non-hydrogen) atoms. The Morgan fingerprint density at radius 1 is 1.19 bits per heavy atom. The first-order valence-electron chi connectivity index (χ1n) is 9.36. The van der Waals surface area contributed by atoms with Crippen LogP contribution in [-0.4, -0.2) is 29.9 Å². The molecule has 2 aromatic carbocycles. The Morgan fingerprint density at radius 2 is 1.89 bits per heavy atom. The highest BCUT2D eigenvalue weighted by atomic mass is 35.5. The lowest BCUT2D eigenvalue weighted by atomic mass is 9.90. The van der Waals surface area contributed by atoms with Crippen LogP contribution in [0.5, 0.6) is 5.75 Å². The third-order valence-corrected chi connectivity index (χ3v) is 5.14. The lowest BCUT2D eigenvalue weighted by molar-refractivity contribution is 0.0680. The van der Waals surface area contributed by atoms with Crippen molar-refractivity contribution in [1.82, 2.24) is 4.90 Å². The van der Waals surface area contributed by atoms with Gasteiger partial charge in [-0.05, 0) is 56.4 Å². The lowest BCUT2D eigenvalue weighted by Gasteiger charge is -2.33. The van der Waals surface area contributed by atoms with Gasteiger partial charge in [0.15, 0.2) is 0 Å². The number of piperidine rings is 1. The molecule has 1 amide bonds. The SMILES string of the molecule is Cc1cccc(COc2cccc(C(=O)N3CCC(C(C)N)CC3)c2)c1.Cl. The first kappa shape index (κ1) is 21.3. The number of ether oxygens (including phenoxy) is 1. The summed E-state index contributed by atoms with van der Waals surface area (Å²) in [7, 11) is 0. The summed E-state index contributed by atoms with van der Waals surface area (Å²) in [5.41, 5.74) is 9.01. The van der Waals surface area contributed by atoms with Gasteiger partial charge < -0.3 is 15.4 Å². The van der Waals surface area contributed by atoms with Crippen molar-refractivity contribution in [2.75, 3.05) is 13.1 Å². The molecule has 0 aromatic heterocycles. The number of rotatable bonds is 5. The van der Waals surface area contributed by atoms with E-state index in [1.54, 1.807) is 0 Å². The Labute approximate surface area is 168 Å². The van der Waals surface area contributed by atoms with E-state index in [-0.39, 0.29) is 24.4 Å². The number of halogens is 1. The zero-order valence-electron chi connectivity index (χ0n) is 16.1. The Balaban J connectivity index is 0.00000261. The zero-order valence-corrected chi connectivity index (χ0v) is 16.9. The molecule has 1 heterocycles. The molecule has 146 valence electrons. The summed E-state index contributed by atoms with van der Waals surface area (Å²) in [6.45, 7) is 6.17. The van der Waals surface area contributed by atoms with E-state index in [4.69, 9.17) is 10.5 Å². The van der Waals surface area contributed by atoms with Gasteiger partial charge in [0.25, 0.3) is 5.91 Å². The largest absolute Gasteiger partial charge is 0.489 e. The monoisotopic (exact) mass is 388 g/mol. The number of benzene rings is 2. The maximum atomic E-state index is 12.8. The molecule has 1 fully saturated rings. The van der Waals surface area contributed by atoms with E-state index in [9.17, 15) is 4.79 Å². The van der Waals surface area contributed by atoms with Crippen molar-refractivity contribution in [2.24, 2.45) is 11.7 Å². The average Bonchev–Trinajstić information content (AvgIpc) is 2.66. The molecule has 1 aliphatic heterocycles. The molecular weight excluding hydrogens is 360 g/mol. The fraction of sp³-hybridized carbons (Fsp3) is 0.409. The molecule has 1 aliphatic rings. The average molecular weight is 389 g/mol. The maximum absolute atomic E-state index is 12.8. The van der Waals surface area contributed by atoms with Gasteiger partial charge in [-0.25, -0.2) is 0 Å². The summed E-state index contributed by atoms with van der Waals surface area (Å²) in [6, 6.07) is 15.9. The Hall–Kier alpha value is -2.04. The topological polar surface area (TPSA) is 55.6 Å². The van der Waals surface area contributed by atoms with Crippen molar-refractivity contribution >= 4 is 18.3 Å². The Kier molecular flexibility index (Phi) is 7.69. The van der Waals surface area contributed by atoms with Gasteiger partial charge in [0, 0.05) is 24.7 Å². The third kappa shape index (κ3) is 5.72. The van der Waals surface area contributed by atoms with Gasteiger partial charge in [-0.1, -0.05) is 35.9 Å². The minimum atomic E-state index is 0. The lowest BCUT2D eigenvalue weighted by Crippen LogP contribution is -2.42. The maximum Gasteiger partial charge on any atom is 0.253 e. The standard InChI is InChI=1S/C22H28N2O2.ClH/c1-16-5-3-6-18(13-16)15-26-21-8-4-7-20(14-21)22(25)24-11-9-19(10-12-24)17(2)23;/h3-8,13-14,17,19H,9-12,15,23H2,1-2H3;1H. The summed E-state index contributed by atoms with van der Waals surface area (Å²) in [6.07, 6.45) is 1.96. The number of hydrogen-bond donors (Lipinski definition) is 1. The molecular formula is C22H29ClN2O2. The minimum Gasteiger partial charge on any atom is -0.489 e. The van der Waals surface area contributed by atoms with Crippen LogP contribution >= 0.6 is 12.4 Å². The van der Waals surface area contributed by atoms with Crippen LogP contribution in [0.25, 0.3) is 0 Å². The zero-order chi connectivity index (χ0) is 18.5. The first-order chi connectivity index (χ1) is 12.5. The van der Waals surface area contributed by atoms with Crippen LogP contribution in [-0.2, 0) is 6.61 Å². The molecule has 0 bridgehead atoms. The highest BCUT2D eigenvalue weighted by Crippen LogP contribution is 2.22. The predicted molar refractivity (Wildman–Crippen MR) is 111 cm³/mol. The van der Waals surface area contributed by atoms with Crippen molar-refractivity contribution in [3.63, 3.8) is 0 Å². The molecule has 1 atom stereocenters. The first-order valence-corrected chi connectivity index (χ1v) is 9.36. The predicted octanol–water partition coefficient (Wildman–Crippen LogP) is 4.20. The van der Waals surface area contributed by atoms with Gasteiger partial charge >= 0.3 is 0 Å². The number of nitrogens with zero attached hydrogens (tertiary/aromatic N) is 1. The van der Waals surface area contributed by atoms with Crippen LogP contribution in [0.1, 0.15) is 41.3 Å². The molecule has 1 unspecified atom stereocenters. The fourth-order valence-corrected chi connectivity index (χ4v) is 3.50. The number of carbonyl (C=O) groups is 1. The van der Waals surface area contributed by atoms with E-state index in [1.807, 2.05) is 41.3 Å². The van der Waals surface area contributed by atoms with Crippen LogP contribution in [0, 0.1) is 12.8 Å². The molecule has 0 radical (unpaired) electrons. The highest BCUT2D eigenvalue weighted by Gasteiger charge is 2.25. The number of nitrogens with two attached hydrogens (primary N) is 1. The fourth-order valence-electron chi connectivity index (χ4n) is 3.50. The molecule has 0 saturated carbocycles. The third-order valence-electron chi connectivity index (χ3n) is 5.14. The second kappa shape index (κ2) is 9.77. The molecule has 0 spiro atoms. The molecule has 2 aromatic rings. The van der Waals surface area contributed by atoms with Crippen LogP contribution in [0.4, 0.5) is 0 Å². The molecule has 5 heteroatoms. The minimum absolute atomic E-state index is 0. The van der Waals surface area contributed by atoms with E-state index < -0.39 is 0 Å². The second-order valence-corrected chi connectivity index (χ2v) is 7.29. The van der Waals surface area contributed by atoms with E-state index in [2.05, 4.69) is 26.0 Å². The van der Waals surface area contributed by atoms with Gasteiger partial charge in [-0.3, -0.25) is 4.79 Å². The molecule has 3 rings (SSSR count). The summed E-state index contributed by atoms with van der Waals surface area (Å²) >= 11 is 0. The summed E-state index contributed by atoms with van der Waals surface area (Å²) in [4.78, 5) is 14.7. The summed E-state index contributed by atoms with van der Waals surface area (Å²) < 4.78 is 5.89. The van der Waals surface area contributed by atoms with Gasteiger partial charge in [0.05, 0.1) is 0 Å². The molecule has 0 aliphatic carbocycles. The van der Waals surface area contributed by atoms with Crippen molar-refractivity contribution in [1.29, 1.82) is 0 Å². The quantitative estimate of drug-likeness (QED) is 0.835. The molecule has 2 N–H and O–H groups in total. The van der Waals surface area contributed by atoms with Gasteiger partial charge in [-0.15, -0.1) is 12.4 Å². The normalized spacial score (nSPS) is 15.7. The second-order valence-electron chi connectivity index (χ2n) is 7.29. The number of aryl methyl sites for hydroxylation is 1. The van der Waals surface area contributed by atoms with Gasteiger partial charge in [-0.2, -0.15) is 0 Å². The van der Waals surface area contributed by atoms with E-state index in [0.29, 0.717) is 18.1 Å². The van der Waals surface area contributed by atoms with E-state index in [0.717, 1.165) is 37.2 Å². The number of carbonyl (C=O) groups excluding carboxylic acids is 1. The van der Waals surface area contributed by atoms with Crippen LogP contribution in [0.15, 0.2) is 48.5 Å². The van der Waals surface area contributed by atoms with Crippen molar-refractivity contribution < 1.29 is 9.53 Å². The van der Waals surface area contributed by atoms with E-state index in [1.165, 1.54) is 5.56 Å². The van der Waals surface area contributed by atoms with Crippen molar-refractivity contribution in [2.45, 2.75) is 39.3 Å². The van der Waals surface area contributed by atoms with Crippen LogP contribution in [0.3, 0.4) is 0 Å². The van der Waals surface area contributed by atoms with Crippen molar-refractivity contribution in [3.8, 4) is 5.75 Å². The smallest absolute Gasteiger partial charge is 0.253 e.